The molecule has 1 saturated heterocycles. The number of rotatable bonds is 3. The molecule has 1 amide bonds. The first-order valence-electron chi connectivity index (χ1n) is 8.20. The molecule has 1 aliphatic rings. The van der Waals surface area contributed by atoms with Gasteiger partial charge >= 0.3 is 0 Å². The Morgan fingerprint density at radius 3 is 2.65 bits per heavy atom. The van der Waals surface area contributed by atoms with Crippen LogP contribution < -0.4 is 10.2 Å². The summed E-state index contributed by atoms with van der Waals surface area (Å²) >= 11 is 5.79. The number of nitrogens with one attached hydrogen (secondary N) is 1. The van der Waals surface area contributed by atoms with E-state index in [0.717, 1.165) is 6.20 Å². The topological polar surface area (TPSA) is 45.2 Å². The highest BCUT2D eigenvalue weighted by molar-refractivity contribution is 6.31. The lowest BCUT2D eigenvalue weighted by Crippen LogP contribution is -2.30. The first-order chi connectivity index (χ1) is 12.4. The molecule has 3 rings (SSSR count). The molecule has 0 radical (unpaired) electrons. The number of para-hydroxylation sites is 1. The zero-order chi connectivity index (χ0) is 18.7. The number of carbonyl (C=O) groups excluding carboxylic acids is 1. The lowest BCUT2D eigenvalue weighted by atomic mass is 10.1. The van der Waals surface area contributed by atoms with E-state index in [9.17, 15) is 18.0 Å². The van der Waals surface area contributed by atoms with E-state index in [1.54, 1.807) is 30.3 Å². The van der Waals surface area contributed by atoms with Crippen molar-refractivity contribution in [3.63, 3.8) is 0 Å². The summed E-state index contributed by atoms with van der Waals surface area (Å²) in [5.74, 6) is -4.39. The van der Waals surface area contributed by atoms with Crippen LogP contribution in [-0.4, -0.2) is 29.9 Å². The minimum Gasteiger partial charge on any atom is -0.356 e. The summed E-state index contributed by atoms with van der Waals surface area (Å²) in [6.45, 7) is 0.238. The van der Waals surface area contributed by atoms with Crippen molar-refractivity contribution in [1.29, 1.82) is 0 Å². The van der Waals surface area contributed by atoms with Gasteiger partial charge in [0, 0.05) is 31.6 Å². The molecule has 4 nitrogen and oxygen atoms in total. The molecule has 1 aliphatic heterocycles. The number of amides is 1. The van der Waals surface area contributed by atoms with Gasteiger partial charge in [0.15, 0.2) is 5.82 Å². The summed E-state index contributed by atoms with van der Waals surface area (Å²) in [7, 11) is 0. The van der Waals surface area contributed by atoms with Crippen LogP contribution in [0.25, 0.3) is 0 Å². The van der Waals surface area contributed by atoms with Crippen LogP contribution in [0.1, 0.15) is 29.6 Å². The summed E-state index contributed by atoms with van der Waals surface area (Å²) < 4.78 is 41.9. The molecule has 0 aliphatic carbocycles. The standard InChI is InChI=1S/C18H17ClF3N3O/c19-13-11-23-16(25-9-4-7-18(21,22)8-10-25)14(15(13)20)17(26)24-12-5-2-1-3-6-12/h1-3,5-6,11H,4,7-10H2,(H,24,26). The van der Waals surface area contributed by atoms with E-state index in [1.807, 2.05) is 0 Å². The Morgan fingerprint density at radius 1 is 1.19 bits per heavy atom. The predicted molar refractivity (Wildman–Crippen MR) is 94.6 cm³/mol. The first kappa shape index (κ1) is 18.5. The fraction of sp³-hybridized carbons (Fsp3) is 0.333. The third-order valence-corrected chi connectivity index (χ3v) is 4.49. The van der Waals surface area contributed by atoms with Crippen molar-refractivity contribution in [1.82, 2.24) is 4.98 Å². The van der Waals surface area contributed by atoms with E-state index in [4.69, 9.17) is 11.6 Å². The van der Waals surface area contributed by atoms with E-state index in [0.29, 0.717) is 5.69 Å². The number of benzene rings is 1. The number of aromatic nitrogens is 1. The highest BCUT2D eigenvalue weighted by Crippen LogP contribution is 2.32. The van der Waals surface area contributed by atoms with E-state index in [1.165, 1.54) is 4.90 Å². The largest absolute Gasteiger partial charge is 0.356 e. The second-order valence-corrected chi connectivity index (χ2v) is 6.54. The SMILES string of the molecule is O=C(Nc1ccccc1)c1c(N2CCCC(F)(F)CC2)ncc(Cl)c1F. The molecule has 1 aromatic heterocycles. The summed E-state index contributed by atoms with van der Waals surface area (Å²) in [5, 5.41) is 2.29. The fourth-order valence-electron chi connectivity index (χ4n) is 2.89. The lowest BCUT2D eigenvalue weighted by Gasteiger charge is -2.24. The van der Waals surface area contributed by atoms with Crippen LogP contribution in [0.15, 0.2) is 36.5 Å². The number of hydrogen-bond acceptors (Lipinski definition) is 3. The molecule has 0 bridgehead atoms. The van der Waals surface area contributed by atoms with Crippen molar-refractivity contribution in [2.24, 2.45) is 0 Å². The van der Waals surface area contributed by atoms with Crippen LogP contribution >= 0.6 is 11.6 Å². The number of carbonyl (C=O) groups is 1. The van der Waals surface area contributed by atoms with E-state index in [2.05, 4.69) is 10.3 Å². The normalized spacial score (nSPS) is 16.8. The van der Waals surface area contributed by atoms with E-state index >= 15 is 0 Å². The number of alkyl halides is 2. The van der Waals surface area contributed by atoms with Crippen molar-refractivity contribution in [3.8, 4) is 0 Å². The highest BCUT2D eigenvalue weighted by atomic mass is 35.5. The molecular formula is C18H17ClF3N3O. The monoisotopic (exact) mass is 383 g/mol. The lowest BCUT2D eigenvalue weighted by molar-refractivity contribution is -0.0102. The van der Waals surface area contributed by atoms with Crippen LogP contribution in [0.2, 0.25) is 5.02 Å². The molecule has 8 heteroatoms. The van der Waals surface area contributed by atoms with Gasteiger partial charge in [-0.15, -0.1) is 0 Å². The minimum atomic E-state index is -2.77. The molecule has 0 atom stereocenters. The van der Waals surface area contributed by atoms with Gasteiger partial charge in [-0.1, -0.05) is 29.8 Å². The second kappa shape index (κ2) is 7.53. The maximum Gasteiger partial charge on any atom is 0.262 e. The van der Waals surface area contributed by atoms with Crippen molar-refractivity contribution < 1.29 is 18.0 Å². The van der Waals surface area contributed by atoms with Crippen LogP contribution in [0.5, 0.6) is 0 Å². The molecule has 138 valence electrons. The van der Waals surface area contributed by atoms with E-state index in [-0.39, 0.29) is 48.8 Å². The molecule has 0 spiro atoms. The Morgan fingerprint density at radius 2 is 1.92 bits per heavy atom. The van der Waals surface area contributed by atoms with Crippen molar-refractivity contribution >= 4 is 29.0 Å². The molecule has 1 fully saturated rings. The van der Waals surface area contributed by atoms with Crippen LogP contribution in [0, 0.1) is 5.82 Å². The fourth-order valence-corrected chi connectivity index (χ4v) is 3.03. The van der Waals surface area contributed by atoms with Gasteiger partial charge in [-0.3, -0.25) is 4.79 Å². The Labute approximate surface area is 154 Å². The summed E-state index contributed by atoms with van der Waals surface area (Å²) in [6.07, 6.45) is 0.691. The second-order valence-electron chi connectivity index (χ2n) is 6.14. The predicted octanol–water partition coefficient (Wildman–Crippen LogP) is 4.75. The first-order valence-corrected chi connectivity index (χ1v) is 8.58. The van der Waals surface area contributed by atoms with Crippen LogP contribution in [-0.2, 0) is 0 Å². The third kappa shape index (κ3) is 4.09. The molecular weight excluding hydrogens is 367 g/mol. The highest BCUT2D eigenvalue weighted by Gasteiger charge is 2.34. The average molecular weight is 384 g/mol. The Balaban J connectivity index is 1.93. The van der Waals surface area contributed by atoms with Gasteiger partial charge in [-0.05, 0) is 18.6 Å². The summed E-state index contributed by atoms with van der Waals surface area (Å²) in [4.78, 5) is 18.2. The quantitative estimate of drug-likeness (QED) is 0.831. The molecule has 2 heterocycles. The van der Waals surface area contributed by atoms with Crippen LogP contribution in [0.4, 0.5) is 24.7 Å². The van der Waals surface area contributed by atoms with Gasteiger partial charge in [0.1, 0.15) is 11.4 Å². The Kier molecular flexibility index (Phi) is 5.36. The zero-order valence-corrected chi connectivity index (χ0v) is 14.6. The van der Waals surface area contributed by atoms with Crippen LogP contribution in [0.3, 0.4) is 0 Å². The molecule has 2 aromatic rings. The Bertz CT molecular complexity index is 802. The average Bonchev–Trinajstić information content (AvgIpc) is 2.78. The molecule has 1 N–H and O–H groups in total. The number of nitrogens with zero attached hydrogens (tertiary/aromatic N) is 2. The summed E-state index contributed by atoms with van der Waals surface area (Å²) in [6, 6.07) is 8.53. The van der Waals surface area contributed by atoms with E-state index < -0.39 is 17.6 Å². The maximum atomic E-state index is 14.6. The zero-order valence-electron chi connectivity index (χ0n) is 13.8. The van der Waals surface area contributed by atoms with Crippen molar-refractivity contribution in [2.45, 2.75) is 25.2 Å². The number of anilines is 2. The molecule has 1 aromatic carbocycles. The number of halogens is 4. The van der Waals surface area contributed by atoms with Gasteiger partial charge < -0.3 is 10.2 Å². The molecule has 26 heavy (non-hydrogen) atoms. The van der Waals surface area contributed by atoms with Gasteiger partial charge in [-0.25, -0.2) is 18.2 Å². The van der Waals surface area contributed by atoms with Gasteiger partial charge in [-0.2, -0.15) is 0 Å². The summed E-state index contributed by atoms with van der Waals surface area (Å²) in [5.41, 5.74) is 0.136. The minimum absolute atomic E-state index is 0.0211. The maximum absolute atomic E-state index is 14.6. The smallest absolute Gasteiger partial charge is 0.262 e. The number of pyridine rings is 1. The van der Waals surface area contributed by atoms with Crippen molar-refractivity contribution in [3.05, 3.63) is 52.9 Å². The van der Waals surface area contributed by atoms with Crippen molar-refractivity contribution in [2.75, 3.05) is 23.3 Å². The van der Waals surface area contributed by atoms with Gasteiger partial charge in [0.2, 0.25) is 5.92 Å². The molecule has 0 unspecified atom stereocenters. The third-order valence-electron chi connectivity index (χ3n) is 4.23. The Hall–Kier alpha value is -2.28. The van der Waals surface area contributed by atoms with Gasteiger partial charge in [0.05, 0.1) is 11.2 Å². The number of hydrogen-bond donors (Lipinski definition) is 1. The molecule has 0 saturated carbocycles. The van der Waals surface area contributed by atoms with Gasteiger partial charge in [0.25, 0.3) is 5.91 Å².